The van der Waals surface area contributed by atoms with E-state index in [-0.39, 0.29) is 35.1 Å². The molecule has 0 fully saturated rings. The maximum atomic E-state index is 15.2. The van der Waals surface area contributed by atoms with Crippen LogP contribution in [0, 0.1) is 40.4 Å². The van der Waals surface area contributed by atoms with Crippen LogP contribution in [0.1, 0.15) is 42.9 Å². The SMILES string of the molecule is CCCCCOc1cc(F)c(-c2ccc3c(F)c(CCc4cc(F)c(C#N)c(F)c4)ccc3c2)c(F)c1. The molecule has 4 aromatic rings. The van der Waals surface area contributed by atoms with Crippen LogP contribution in [0.4, 0.5) is 22.0 Å². The maximum Gasteiger partial charge on any atom is 0.144 e. The summed E-state index contributed by atoms with van der Waals surface area (Å²) in [4.78, 5) is 0. The molecule has 0 aliphatic rings. The molecular formula is C30H24F5NO. The van der Waals surface area contributed by atoms with E-state index in [1.165, 1.54) is 30.3 Å². The summed E-state index contributed by atoms with van der Waals surface area (Å²) in [5, 5.41) is 9.50. The van der Waals surface area contributed by atoms with E-state index in [4.69, 9.17) is 10.00 Å². The summed E-state index contributed by atoms with van der Waals surface area (Å²) in [6.07, 6.45) is 3.08. The van der Waals surface area contributed by atoms with Crippen molar-refractivity contribution in [2.24, 2.45) is 0 Å². The predicted octanol–water partition coefficient (Wildman–Crippen LogP) is 8.43. The summed E-state index contributed by atoms with van der Waals surface area (Å²) < 4.78 is 78.0. The van der Waals surface area contributed by atoms with E-state index in [0.717, 1.165) is 43.5 Å². The summed E-state index contributed by atoms with van der Waals surface area (Å²) in [6, 6.07) is 13.5. The van der Waals surface area contributed by atoms with Crippen molar-refractivity contribution in [1.29, 1.82) is 5.26 Å². The van der Waals surface area contributed by atoms with E-state index in [1.807, 2.05) is 6.92 Å². The van der Waals surface area contributed by atoms with E-state index in [1.54, 1.807) is 6.07 Å². The Morgan fingerprint density at radius 1 is 0.784 bits per heavy atom. The second-order valence-corrected chi connectivity index (χ2v) is 8.84. The first-order valence-electron chi connectivity index (χ1n) is 12.0. The topological polar surface area (TPSA) is 33.0 Å². The zero-order valence-corrected chi connectivity index (χ0v) is 20.2. The Bertz CT molecular complexity index is 1450. The van der Waals surface area contributed by atoms with Gasteiger partial charge in [0.25, 0.3) is 0 Å². The number of aryl methyl sites for hydroxylation is 2. The highest BCUT2D eigenvalue weighted by atomic mass is 19.1. The Labute approximate surface area is 211 Å². The van der Waals surface area contributed by atoms with Gasteiger partial charge < -0.3 is 4.74 Å². The Balaban J connectivity index is 1.56. The molecule has 0 spiro atoms. The Kier molecular flexibility index (Phi) is 8.08. The first kappa shape index (κ1) is 26.2. The largest absolute Gasteiger partial charge is 0.493 e. The number of hydrogen-bond acceptors (Lipinski definition) is 2. The number of unbranched alkanes of at least 4 members (excludes halogenated alkanes) is 2. The minimum Gasteiger partial charge on any atom is -0.493 e. The van der Waals surface area contributed by atoms with Crippen molar-refractivity contribution in [2.45, 2.75) is 39.0 Å². The summed E-state index contributed by atoms with van der Waals surface area (Å²) in [7, 11) is 0. The van der Waals surface area contributed by atoms with Crippen LogP contribution in [-0.2, 0) is 12.8 Å². The van der Waals surface area contributed by atoms with Crippen LogP contribution in [0.5, 0.6) is 5.75 Å². The number of hydrogen-bond donors (Lipinski definition) is 0. The molecule has 37 heavy (non-hydrogen) atoms. The van der Waals surface area contributed by atoms with Gasteiger partial charge in [-0.15, -0.1) is 0 Å². The zero-order chi connectivity index (χ0) is 26.5. The lowest BCUT2D eigenvalue weighted by molar-refractivity contribution is 0.303. The Hall–Kier alpha value is -3.92. The van der Waals surface area contributed by atoms with E-state index in [9.17, 15) is 17.6 Å². The van der Waals surface area contributed by atoms with E-state index < -0.39 is 34.6 Å². The van der Waals surface area contributed by atoms with Gasteiger partial charge in [-0.1, -0.05) is 44.0 Å². The summed E-state index contributed by atoms with van der Waals surface area (Å²) in [6.45, 7) is 2.42. The van der Waals surface area contributed by atoms with Gasteiger partial charge in [0.2, 0.25) is 0 Å². The number of benzene rings is 4. The smallest absolute Gasteiger partial charge is 0.144 e. The van der Waals surface area contributed by atoms with Gasteiger partial charge in [-0.3, -0.25) is 0 Å². The number of nitriles is 1. The third kappa shape index (κ3) is 5.75. The van der Waals surface area contributed by atoms with Gasteiger partial charge >= 0.3 is 0 Å². The summed E-state index contributed by atoms with van der Waals surface area (Å²) in [5.41, 5.74) is 0.00581. The minimum absolute atomic E-state index is 0.119. The van der Waals surface area contributed by atoms with Gasteiger partial charge in [0.1, 0.15) is 46.5 Å². The van der Waals surface area contributed by atoms with Crippen LogP contribution in [0.15, 0.2) is 54.6 Å². The highest BCUT2D eigenvalue weighted by Gasteiger charge is 2.17. The van der Waals surface area contributed by atoms with Crippen LogP contribution in [0.3, 0.4) is 0 Å². The number of fused-ring (bicyclic) bond motifs is 1. The van der Waals surface area contributed by atoms with E-state index >= 15 is 4.39 Å². The standard InChI is InChI=1S/C30H24F5NO/c1-2-3-4-11-37-22-15-27(33)29(28(34)16-22)21-9-10-23-20(14-21)8-7-19(30(23)35)6-5-18-12-25(31)24(17-36)26(32)13-18/h7-10,12-16H,2-6,11H2,1H3. The summed E-state index contributed by atoms with van der Waals surface area (Å²) >= 11 is 0. The zero-order valence-electron chi connectivity index (χ0n) is 20.2. The van der Waals surface area contributed by atoms with Crippen LogP contribution in [0.2, 0.25) is 0 Å². The minimum atomic E-state index is -0.959. The molecule has 0 saturated carbocycles. The van der Waals surface area contributed by atoms with Crippen LogP contribution < -0.4 is 4.74 Å². The highest BCUT2D eigenvalue weighted by Crippen LogP contribution is 2.33. The molecule has 0 radical (unpaired) electrons. The Morgan fingerprint density at radius 3 is 2.14 bits per heavy atom. The normalized spacial score (nSPS) is 11.1. The highest BCUT2D eigenvalue weighted by molar-refractivity contribution is 5.88. The Morgan fingerprint density at radius 2 is 1.49 bits per heavy atom. The number of ether oxygens (including phenoxy) is 1. The third-order valence-electron chi connectivity index (χ3n) is 6.25. The second kappa shape index (κ2) is 11.4. The molecule has 190 valence electrons. The average molecular weight is 510 g/mol. The number of halogens is 5. The lowest BCUT2D eigenvalue weighted by atomic mass is 9.96. The lowest BCUT2D eigenvalue weighted by Crippen LogP contribution is -2.00. The molecular weight excluding hydrogens is 485 g/mol. The molecule has 0 saturated heterocycles. The third-order valence-corrected chi connectivity index (χ3v) is 6.25. The van der Waals surface area contributed by atoms with Crippen molar-refractivity contribution in [3.05, 3.63) is 100 Å². The van der Waals surface area contributed by atoms with Gasteiger partial charge in [0, 0.05) is 17.5 Å². The molecule has 0 aliphatic carbocycles. The maximum absolute atomic E-state index is 15.2. The average Bonchev–Trinajstić information content (AvgIpc) is 2.86. The van der Waals surface area contributed by atoms with Gasteiger partial charge in [0.15, 0.2) is 0 Å². The van der Waals surface area contributed by atoms with E-state index in [0.29, 0.717) is 23.1 Å². The molecule has 0 aromatic heterocycles. The molecule has 2 nitrogen and oxygen atoms in total. The lowest BCUT2D eigenvalue weighted by Gasteiger charge is -2.12. The van der Waals surface area contributed by atoms with Gasteiger partial charge in [-0.25, -0.2) is 22.0 Å². The molecule has 0 bridgehead atoms. The molecule has 0 unspecified atom stereocenters. The monoisotopic (exact) mass is 509 g/mol. The molecule has 4 aromatic carbocycles. The van der Waals surface area contributed by atoms with Crippen molar-refractivity contribution in [1.82, 2.24) is 0 Å². The van der Waals surface area contributed by atoms with Crippen molar-refractivity contribution < 1.29 is 26.7 Å². The van der Waals surface area contributed by atoms with Gasteiger partial charge in [-0.05, 0) is 59.5 Å². The fraction of sp³-hybridized carbons (Fsp3) is 0.233. The van der Waals surface area contributed by atoms with Crippen molar-refractivity contribution in [3.63, 3.8) is 0 Å². The fourth-order valence-electron chi connectivity index (χ4n) is 4.29. The molecule has 7 heteroatoms. The summed E-state index contributed by atoms with van der Waals surface area (Å²) in [5.74, 6) is -3.87. The number of rotatable bonds is 9. The molecule has 4 rings (SSSR count). The molecule has 0 amide bonds. The van der Waals surface area contributed by atoms with E-state index in [2.05, 4.69) is 0 Å². The van der Waals surface area contributed by atoms with Crippen molar-refractivity contribution >= 4 is 10.8 Å². The first-order chi connectivity index (χ1) is 17.8. The predicted molar refractivity (Wildman–Crippen MR) is 133 cm³/mol. The van der Waals surface area contributed by atoms with Crippen LogP contribution in [0.25, 0.3) is 21.9 Å². The number of nitrogens with zero attached hydrogens (tertiary/aromatic N) is 1. The molecule has 0 N–H and O–H groups in total. The van der Waals surface area contributed by atoms with Gasteiger partial charge in [0.05, 0.1) is 12.2 Å². The van der Waals surface area contributed by atoms with Crippen molar-refractivity contribution in [2.75, 3.05) is 6.61 Å². The molecule has 0 atom stereocenters. The van der Waals surface area contributed by atoms with Crippen molar-refractivity contribution in [3.8, 4) is 22.9 Å². The molecule has 0 heterocycles. The van der Waals surface area contributed by atoms with Crippen LogP contribution in [-0.4, -0.2) is 6.61 Å². The first-order valence-corrected chi connectivity index (χ1v) is 12.0. The van der Waals surface area contributed by atoms with Gasteiger partial charge in [-0.2, -0.15) is 5.26 Å². The quantitative estimate of drug-likeness (QED) is 0.168. The molecule has 0 aliphatic heterocycles. The second-order valence-electron chi connectivity index (χ2n) is 8.84. The fourth-order valence-corrected chi connectivity index (χ4v) is 4.29. The van der Waals surface area contributed by atoms with Crippen LogP contribution >= 0.6 is 0 Å².